The molecule has 0 aliphatic rings. The second-order valence-electron chi connectivity index (χ2n) is 9.36. The fourth-order valence-electron chi connectivity index (χ4n) is 3.32. The van der Waals surface area contributed by atoms with Crippen LogP contribution in [0, 0.1) is 0 Å². The third kappa shape index (κ3) is 10.2. The molecule has 3 atom stereocenters. The molecular weight excluding hydrogens is 592 g/mol. The molecule has 0 saturated heterocycles. The normalized spacial score (nSPS) is 15.5. The zero-order valence-corrected chi connectivity index (χ0v) is 27.3. The first-order chi connectivity index (χ1) is 18.8. The van der Waals surface area contributed by atoms with Gasteiger partial charge in [0, 0.05) is 0 Å². The molecule has 0 fully saturated rings. The molecule has 39 heavy (non-hydrogen) atoms. The summed E-state index contributed by atoms with van der Waals surface area (Å²) in [6.45, 7) is 12.1. The van der Waals surface area contributed by atoms with Gasteiger partial charge in [-0.05, 0) is 0 Å². The van der Waals surface area contributed by atoms with E-state index in [0.717, 1.165) is 19.3 Å². The van der Waals surface area contributed by atoms with Gasteiger partial charge in [-0.2, -0.15) is 0 Å². The molecule has 0 saturated carbocycles. The molecule has 0 aliphatic carbocycles. The summed E-state index contributed by atoms with van der Waals surface area (Å²) in [5, 5.41) is 0. The van der Waals surface area contributed by atoms with Crippen LogP contribution >= 0.6 is 0 Å². The molecular formula is C30H42O7SiZr. The molecule has 0 radical (unpaired) electrons. The SMILES string of the molecule is CCC(C)O[Si](OC(C)CC)(OC(C)CC)[O][Zr]([O]c1ccccc1)([O]c1ccccc1)[O]c1ccccc1. The third-order valence-corrected chi connectivity index (χ3v) is 15.8. The zero-order chi connectivity index (χ0) is 28.1. The monoisotopic (exact) mass is 632 g/mol. The average molecular weight is 634 g/mol. The fourth-order valence-corrected chi connectivity index (χ4v) is 13.7. The summed E-state index contributed by atoms with van der Waals surface area (Å²) in [6.07, 6.45) is 1.64. The number of hydrogen-bond acceptors (Lipinski definition) is 7. The standard InChI is InChI=1S/C12H27O4Si.3C6H6O.Zr/c1-7-10(4)14-17(13,15-11(5)8-2)16-12(6)9-3;3*7-6-4-2-1-3-5-6;/h10-12H,7-9H2,1-6H3;3*1-5,7H;/q-1;;;;+4/p-3. The van der Waals surface area contributed by atoms with Crippen molar-refractivity contribution >= 4 is 9.05 Å². The number of rotatable bonds is 17. The van der Waals surface area contributed by atoms with Crippen molar-refractivity contribution in [3.05, 3.63) is 91.0 Å². The van der Waals surface area contributed by atoms with Crippen LogP contribution in [0.4, 0.5) is 0 Å². The van der Waals surface area contributed by atoms with Crippen LogP contribution in [-0.2, 0) is 37.8 Å². The van der Waals surface area contributed by atoms with Crippen LogP contribution in [-0.4, -0.2) is 27.4 Å². The molecule has 0 amide bonds. The Hall–Kier alpha value is -2.00. The molecule has 9 heteroatoms. The van der Waals surface area contributed by atoms with E-state index in [9.17, 15) is 0 Å². The molecule has 3 rings (SSSR count). The maximum atomic E-state index is 6.97. The Labute approximate surface area is 241 Å². The predicted molar refractivity (Wildman–Crippen MR) is 151 cm³/mol. The first kappa shape index (κ1) is 31.5. The summed E-state index contributed by atoms with van der Waals surface area (Å²) in [5.41, 5.74) is 0. The Balaban J connectivity index is 2.19. The molecule has 0 aromatic heterocycles. The predicted octanol–water partition coefficient (Wildman–Crippen LogP) is 7.93. The van der Waals surface area contributed by atoms with Crippen LogP contribution in [0.1, 0.15) is 60.8 Å². The Kier molecular flexibility index (Phi) is 12.7. The van der Waals surface area contributed by atoms with Crippen molar-refractivity contribution in [2.75, 3.05) is 0 Å². The van der Waals surface area contributed by atoms with E-state index in [1.807, 2.05) is 133 Å². The Morgan fingerprint density at radius 2 is 0.795 bits per heavy atom. The van der Waals surface area contributed by atoms with Gasteiger partial charge in [0.1, 0.15) is 0 Å². The molecule has 3 unspecified atom stereocenters. The van der Waals surface area contributed by atoms with Crippen LogP contribution in [0.5, 0.6) is 17.2 Å². The Morgan fingerprint density at radius 1 is 0.513 bits per heavy atom. The zero-order valence-electron chi connectivity index (χ0n) is 23.9. The summed E-state index contributed by atoms with van der Waals surface area (Å²) < 4.78 is 46.7. The molecule has 0 aliphatic heterocycles. The van der Waals surface area contributed by atoms with Crippen LogP contribution in [0.25, 0.3) is 0 Å². The Morgan fingerprint density at radius 3 is 1.05 bits per heavy atom. The average Bonchev–Trinajstić information content (AvgIpc) is 2.94. The van der Waals surface area contributed by atoms with E-state index in [1.165, 1.54) is 0 Å². The first-order valence-electron chi connectivity index (χ1n) is 13.8. The van der Waals surface area contributed by atoms with Crippen molar-refractivity contribution < 1.29 is 46.2 Å². The number of para-hydroxylation sites is 3. The Bertz CT molecular complexity index is 942. The van der Waals surface area contributed by atoms with E-state index in [0.29, 0.717) is 17.2 Å². The third-order valence-electron chi connectivity index (χ3n) is 5.97. The van der Waals surface area contributed by atoms with Gasteiger partial charge in [0.15, 0.2) is 0 Å². The second kappa shape index (κ2) is 15.7. The summed E-state index contributed by atoms with van der Waals surface area (Å²) in [7, 11) is -3.93. The van der Waals surface area contributed by atoms with Crippen molar-refractivity contribution in [3.63, 3.8) is 0 Å². The molecule has 3 aromatic carbocycles. The van der Waals surface area contributed by atoms with Gasteiger partial charge in [0.25, 0.3) is 0 Å². The van der Waals surface area contributed by atoms with Crippen LogP contribution < -0.4 is 8.44 Å². The molecule has 7 nitrogen and oxygen atoms in total. The van der Waals surface area contributed by atoms with Gasteiger partial charge in [0.05, 0.1) is 0 Å². The minimum atomic E-state index is -5.25. The second-order valence-corrected chi connectivity index (χ2v) is 16.7. The van der Waals surface area contributed by atoms with Crippen molar-refractivity contribution in [1.82, 2.24) is 0 Å². The van der Waals surface area contributed by atoms with Crippen LogP contribution in [0.3, 0.4) is 0 Å². The van der Waals surface area contributed by atoms with E-state index < -0.39 is 31.1 Å². The van der Waals surface area contributed by atoms with E-state index in [1.54, 1.807) is 0 Å². The van der Waals surface area contributed by atoms with Crippen LogP contribution in [0.15, 0.2) is 91.0 Å². The van der Waals surface area contributed by atoms with E-state index >= 15 is 0 Å². The van der Waals surface area contributed by atoms with Gasteiger partial charge in [-0.25, -0.2) is 0 Å². The molecule has 0 heterocycles. The van der Waals surface area contributed by atoms with Gasteiger partial charge >= 0.3 is 243 Å². The van der Waals surface area contributed by atoms with Crippen molar-refractivity contribution in [1.29, 1.82) is 0 Å². The number of hydrogen-bond donors (Lipinski definition) is 0. The van der Waals surface area contributed by atoms with Crippen molar-refractivity contribution in [2.24, 2.45) is 0 Å². The van der Waals surface area contributed by atoms with Gasteiger partial charge in [-0.1, -0.05) is 0 Å². The quantitative estimate of drug-likeness (QED) is 0.140. The first-order valence-corrected chi connectivity index (χ1v) is 19.4. The van der Waals surface area contributed by atoms with Gasteiger partial charge in [0.2, 0.25) is 0 Å². The number of benzene rings is 3. The minimum absolute atomic E-state index is 0.195. The molecule has 0 spiro atoms. The summed E-state index contributed by atoms with van der Waals surface area (Å²) in [4.78, 5) is 0. The van der Waals surface area contributed by atoms with E-state index in [4.69, 9.17) is 24.2 Å². The molecule has 0 bridgehead atoms. The van der Waals surface area contributed by atoms with Gasteiger partial charge in [-0.15, -0.1) is 0 Å². The van der Waals surface area contributed by atoms with Gasteiger partial charge < -0.3 is 0 Å². The molecule has 3 aromatic rings. The summed E-state index contributed by atoms with van der Waals surface area (Å²) in [6, 6.07) is 28.2. The maximum absolute atomic E-state index is 6.97. The molecule has 212 valence electrons. The summed E-state index contributed by atoms with van der Waals surface area (Å²) >= 11 is -5.25. The van der Waals surface area contributed by atoms with Gasteiger partial charge in [-0.3, -0.25) is 0 Å². The summed E-state index contributed by atoms with van der Waals surface area (Å²) in [5.74, 6) is 1.66. The fraction of sp³-hybridized carbons (Fsp3) is 0.400. The van der Waals surface area contributed by atoms with Crippen molar-refractivity contribution in [3.8, 4) is 17.2 Å². The van der Waals surface area contributed by atoms with E-state index in [-0.39, 0.29) is 18.3 Å². The topological polar surface area (TPSA) is 64.6 Å². The van der Waals surface area contributed by atoms with Crippen molar-refractivity contribution in [2.45, 2.75) is 79.1 Å². The van der Waals surface area contributed by atoms with E-state index in [2.05, 4.69) is 0 Å². The van der Waals surface area contributed by atoms with Crippen LogP contribution in [0.2, 0.25) is 0 Å². The molecule has 0 N–H and O–H groups in total.